The first-order valence-corrected chi connectivity index (χ1v) is 12.9. The molecule has 3 heterocycles. The van der Waals surface area contributed by atoms with E-state index in [9.17, 15) is 0 Å². The molecule has 1 radical (unpaired) electrons. The Hall–Kier alpha value is -3.33. The van der Waals surface area contributed by atoms with Gasteiger partial charge in [-0.3, -0.25) is 4.98 Å². The van der Waals surface area contributed by atoms with Crippen LogP contribution in [0.5, 0.6) is 0 Å². The van der Waals surface area contributed by atoms with Crippen molar-refractivity contribution in [2.24, 2.45) is 5.92 Å². The molecule has 0 unspecified atom stereocenters. The molecule has 6 rings (SSSR count). The van der Waals surface area contributed by atoms with E-state index in [0.717, 1.165) is 28.2 Å². The van der Waals surface area contributed by atoms with Gasteiger partial charge in [-0.15, -0.1) is 71.3 Å². The van der Waals surface area contributed by atoms with Gasteiger partial charge in [0.15, 0.2) is 0 Å². The number of imidazole rings is 1. The number of para-hydroxylation sites is 1. The molecule has 5 aromatic rings. The average Bonchev–Trinajstić information content (AvgIpc) is 3.30. The van der Waals surface area contributed by atoms with Gasteiger partial charge in [0.1, 0.15) is 0 Å². The third-order valence-corrected chi connectivity index (χ3v) is 6.80. The van der Waals surface area contributed by atoms with Gasteiger partial charge in [-0.2, -0.15) is 0 Å². The zero-order valence-corrected chi connectivity index (χ0v) is 25.2. The second kappa shape index (κ2) is 11.2. The first kappa shape index (κ1) is 27.7. The van der Waals surface area contributed by atoms with Gasteiger partial charge in [-0.1, -0.05) is 51.1 Å². The zero-order chi connectivity index (χ0) is 26.2. The number of nitrogens with zero attached hydrogens (tertiary/aromatic N) is 3. The van der Waals surface area contributed by atoms with E-state index in [1.54, 1.807) is 0 Å². The molecule has 0 amide bonds. The SMILES string of the molecule is CC(C)C1=CC(C)(C)n2c(-c3[c-]cccc3)nc3cccc1c32.Cc1c[c-]c(-c2ccc(C)cn2)cc1.[Ir]. The van der Waals surface area contributed by atoms with E-state index in [4.69, 9.17) is 4.98 Å². The van der Waals surface area contributed by atoms with E-state index in [1.165, 1.54) is 27.8 Å². The van der Waals surface area contributed by atoms with Crippen LogP contribution in [-0.4, -0.2) is 14.5 Å². The quantitative estimate of drug-likeness (QED) is 0.180. The van der Waals surface area contributed by atoms with Crippen LogP contribution in [0, 0.1) is 31.9 Å². The Kier molecular flexibility index (Phi) is 8.16. The topological polar surface area (TPSA) is 30.7 Å². The van der Waals surface area contributed by atoms with Crippen molar-refractivity contribution in [3.8, 4) is 22.6 Å². The molecule has 0 saturated carbocycles. The van der Waals surface area contributed by atoms with Crippen LogP contribution in [0.4, 0.5) is 0 Å². The third kappa shape index (κ3) is 5.43. The van der Waals surface area contributed by atoms with E-state index in [-0.39, 0.29) is 25.6 Å². The monoisotopic (exact) mass is 676 g/mol. The molecule has 0 atom stereocenters. The van der Waals surface area contributed by atoms with Gasteiger partial charge in [-0.05, 0) is 49.6 Å². The van der Waals surface area contributed by atoms with Crippen LogP contribution < -0.4 is 0 Å². The van der Waals surface area contributed by atoms with Crippen LogP contribution in [0.2, 0.25) is 0 Å². The average molecular weight is 676 g/mol. The number of hydrogen-bond donors (Lipinski definition) is 0. The molecular formula is C34H33IrN3-2. The van der Waals surface area contributed by atoms with Gasteiger partial charge < -0.3 is 9.55 Å². The zero-order valence-electron chi connectivity index (χ0n) is 22.8. The van der Waals surface area contributed by atoms with Crippen molar-refractivity contribution in [3.63, 3.8) is 0 Å². The maximum absolute atomic E-state index is 4.94. The van der Waals surface area contributed by atoms with Crippen molar-refractivity contribution >= 4 is 16.6 Å². The first-order chi connectivity index (χ1) is 17.7. The van der Waals surface area contributed by atoms with E-state index < -0.39 is 0 Å². The smallest absolute Gasteiger partial charge is 0.0777 e. The summed E-state index contributed by atoms with van der Waals surface area (Å²) < 4.78 is 2.37. The molecule has 0 saturated heterocycles. The molecule has 0 fully saturated rings. The maximum Gasteiger partial charge on any atom is 0.0777 e. The molecule has 2 aromatic heterocycles. The number of hydrogen-bond acceptors (Lipinski definition) is 2. The molecule has 1 aliphatic heterocycles. The number of aromatic nitrogens is 3. The van der Waals surface area contributed by atoms with Gasteiger partial charge in [0.25, 0.3) is 0 Å². The van der Waals surface area contributed by atoms with E-state index in [0.29, 0.717) is 5.92 Å². The normalized spacial score (nSPS) is 13.4. The molecule has 195 valence electrons. The maximum atomic E-state index is 4.94. The molecule has 0 N–H and O–H groups in total. The molecule has 38 heavy (non-hydrogen) atoms. The van der Waals surface area contributed by atoms with Crippen LogP contribution >= 0.6 is 0 Å². The number of pyridine rings is 1. The van der Waals surface area contributed by atoms with Crippen molar-refractivity contribution in [1.29, 1.82) is 0 Å². The molecule has 3 aromatic carbocycles. The summed E-state index contributed by atoms with van der Waals surface area (Å²) in [6.07, 6.45) is 4.27. The summed E-state index contributed by atoms with van der Waals surface area (Å²) in [5.74, 6) is 1.49. The molecule has 0 bridgehead atoms. The van der Waals surface area contributed by atoms with Crippen molar-refractivity contribution in [3.05, 3.63) is 114 Å². The van der Waals surface area contributed by atoms with Crippen LogP contribution in [-0.2, 0) is 25.6 Å². The summed E-state index contributed by atoms with van der Waals surface area (Å²) >= 11 is 0. The Bertz CT molecular complexity index is 1520. The summed E-state index contributed by atoms with van der Waals surface area (Å²) in [7, 11) is 0. The van der Waals surface area contributed by atoms with Gasteiger partial charge in [0, 0.05) is 31.9 Å². The van der Waals surface area contributed by atoms with E-state index in [2.05, 4.69) is 98.8 Å². The standard InChI is InChI=1S/C21H21N2.C13H12N.Ir/c1-14(2)17-13-21(3,4)23-19-16(17)11-8-12-18(19)22-20(23)15-9-6-5-7-10-15;1-10-3-6-12(7-4-10)13-8-5-11(2)9-14-13;/h5-9,11-14H,1-4H3;3-6,8-9H,1-2H3;/q2*-1;. The molecule has 4 heteroatoms. The Morgan fingerprint density at radius 1 is 0.842 bits per heavy atom. The number of benzene rings is 3. The second-order valence-electron chi connectivity index (χ2n) is 10.6. The summed E-state index contributed by atoms with van der Waals surface area (Å²) in [6.45, 7) is 13.1. The number of rotatable bonds is 3. The molecular weight excluding hydrogens is 643 g/mol. The second-order valence-corrected chi connectivity index (χ2v) is 10.6. The van der Waals surface area contributed by atoms with Crippen LogP contribution in [0.1, 0.15) is 44.4 Å². The predicted molar refractivity (Wildman–Crippen MR) is 154 cm³/mol. The summed E-state index contributed by atoms with van der Waals surface area (Å²) in [5, 5.41) is 0. The first-order valence-electron chi connectivity index (χ1n) is 12.9. The summed E-state index contributed by atoms with van der Waals surface area (Å²) in [4.78, 5) is 9.29. The minimum atomic E-state index is -0.109. The van der Waals surface area contributed by atoms with Gasteiger partial charge in [0.2, 0.25) is 0 Å². The molecule has 1 aliphatic rings. The fraction of sp³-hybridized carbons (Fsp3) is 0.235. The van der Waals surface area contributed by atoms with Crippen molar-refractivity contribution in [1.82, 2.24) is 14.5 Å². The Morgan fingerprint density at radius 3 is 2.26 bits per heavy atom. The molecule has 0 aliphatic carbocycles. The Morgan fingerprint density at radius 2 is 1.63 bits per heavy atom. The van der Waals surface area contributed by atoms with Gasteiger partial charge in [0.05, 0.1) is 22.4 Å². The minimum Gasteiger partial charge on any atom is -0.355 e. The molecule has 0 spiro atoms. The van der Waals surface area contributed by atoms with Crippen molar-refractivity contribution < 1.29 is 20.1 Å². The van der Waals surface area contributed by atoms with Gasteiger partial charge in [-0.25, -0.2) is 0 Å². The van der Waals surface area contributed by atoms with Crippen molar-refractivity contribution in [2.45, 2.75) is 47.1 Å². The predicted octanol–water partition coefficient (Wildman–Crippen LogP) is 8.45. The fourth-order valence-electron chi connectivity index (χ4n) is 4.92. The number of aryl methyl sites for hydroxylation is 2. The third-order valence-electron chi connectivity index (χ3n) is 6.80. The Balaban J connectivity index is 0.000000193. The van der Waals surface area contributed by atoms with E-state index >= 15 is 0 Å². The number of allylic oxidation sites excluding steroid dienone is 2. The fourth-order valence-corrected chi connectivity index (χ4v) is 4.92. The molecule has 3 nitrogen and oxygen atoms in total. The Labute approximate surface area is 240 Å². The summed E-state index contributed by atoms with van der Waals surface area (Å²) in [6, 6.07) is 31.3. The largest absolute Gasteiger partial charge is 0.355 e. The van der Waals surface area contributed by atoms with Crippen molar-refractivity contribution in [2.75, 3.05) is 0 Å². The van der Waals surface area contributed by atoms with Crippen LogP contribution in [0.25, 0.3) is 39.3 Å². The summed E-state index contributed by atoms with van der Waals surface area (Å²) in [5.41, 5.74) is 10.4. The van der Waals surface area contributed by atoms with Crippen LogP contribution in [0.15, 0.2) is 85.1 Å². The van der Waals surface area contributed by atoms with Crippen LogP contribution in [0.3, 0.4) is 0 Å². The van der Waals surface area contributed by atoms with E-state index in [1.807, 2.05) is 49.5 Å². The van der Waals surface area contributed by atoms with Gasteiger partial charge >= 0.3 is 0 Å². The minimum absolute atomic E-state index is 0.